The van der Waals surface area contributed by atoms with E-state index in [1.807, 2.05) is 24.3 Å². The molecule has 3 N–H and O–H groups in total. The molecule has 0 radical (unpaired) electrons. The Morgan fingerprint density at radius 3 is 2.30 bits per heavy atom. The lowest BCUT2D eigenvalue weighted by Crippen LogP contribution is -2.40. The van der Waals surface area contributed by atoms with Crippen LogP contribution in [0.4, 0.5) is 4.39 Å². The monoisotopic (exact) mass is 417 g/mol. The van der Waals surface area contributed by atoms with Crippen LogP contribution in [-0.4, -0.2) is 51.0 Å². The Hall–Kier alpha value is -3.33. The van der Waals surface area contributed by atoms with E-state index in [0.29, 0.717) is 13.1 Å². The van der Waals surface area contributed by atoms with Crippen molar-refractivity contribution < 1.29 is 29.0 Å². The molecule has 0 unspecified atom stereocenters. The number of aliphatic carboxylic acids is 2. The summed E-state index contributed by atoms with van der Waals surface area (Å²) in [5.41, 5.74) is 1.72. The molecule has 1 aliphatic heterocycles. The molecule has 0 spiro atoms. The largest absolute Gasteiger partial charge is 0.473 e. The molecule has 1 fully saturated rings. The number of carbonyl (C=O) groups is 3. The number of rotatable bonds is 5. The van der Waals surface area contributed by atoms with Gasteiger partial charge in [0.15, 0.2) is 0 Å². The number of nitrogens with one attached hydrogen (secondary N) is 1. The van der Waals surface area contributed by atoms with Crippen LogP contribution < -0.4 is 5.32 Å². The molecular weight excluding hydrogens is 393 g/mol. The van der Waals surface area contributed by atoms with Gasteiger partial charge in [0.2, 0.25) is 5.91 Å². The Morgan fingerprint density at radius 2 is 1.73 bits per heavy atom. The van der Waals surface area contributed by atoms with E-state index in [4.69, 9.17) is 19.8 Å². The second-order valence-corrected chi connectivity index (χ2v) is 6.83. The molecule has 0 saturated carbocycles. The molecule has 1 aliphatic rings. The summed E-state index contributed by atoms with van der Waals surface area (Å²) in [6, 6.07) is 10.7. The molecule has 1 saturated heterocycles. The average Bonchev–Trinajstić information content (AvgIpc) is 2.75. The minimum absolute atomic E-state index is 0.0403. The predicted molar refractivity (Wildman–Crippen MR) is 106 cm³/mol. The van der Waals surface area contributed by atoms with E-state index in [2.05, 4.69) is 15.2 Å². The first-order chi connectivity index (χ1) is 14.4. The molecule has 0 atom stereocenters. The van der Waals surface area contributed by atoms with Gasteiger partial charge >= 0.3 is 11.9 Å². The van der Waals surface area contributed by atoms with Crippen molar-refractivity contribution in [2.24, 2.45) is 5.92 Å². The third-order valence-corrected chi connectivity index (χ3v) is 4.68. The van der Waals surface area contributed by atoms with Crippen molar-refractivity contribution in [3.05, 3.63) is 65.7 Å². The van der Waals surface area contributed by atoms with E-state index in [1.165, 1.54) is 6.07 Å². The minimum Gasteiger partial charge on any atom is -0.473 e. The van der Waals surface area contributed by atoms with Crippen molar-refractivity contribution in [1.82, 2.24) is 15.2 Å². The highest BCUT2D eigenvalue weighted by Crippen LogP contribution is 2.20. The van der Waals surface area contributed by atoms with Crippen molar-refractivity contribution in [2.45, 2.75) is 25.9 Å². The number of nitrogens with zero attached hydrogens (tertiary/aromatic N) is 2. The van der Waals surface area contributed by atoms with E-state index >= 15 is 0 Å². The lowest BCUT2D eigenvalue weighted by Gasteiger charge is -2.31. The standard InChI is InChI=1S/C19H22FN3O.C2H2O4/c20-18-6-2-1-5-17(18)14-23-10-7-16(8-11-23)19(24)22-13-15-4-3-9-21-12-15;3-1(4)2(5)6/h1-6,9,12,16H,7-8,10-11,13-14H2,(H,22,24);(H,3,4)(H,5,6). The molecule has 3 rings (SSSR count). The maximum Gasteiger partial charge on any atom is 0.414 e. The van der Waals surface area contributed by atoms with Crippen LogP contribution in [0.25, 0.3) is 0 Å². The number of likely N-dealkylation sites (tertiary alicyclic amines) is 1. The molecule has 8 nitrogen and oxygen atoms in total. The molecule has 9 heteroatoms. The Labute approximate surface area is 173 Å². The first-order valence-electron chi connectivity index (χ1n) is 9.45. The summed E-state index contributed by atoms with van der Waals surface area (Å²) >= 11 is 0. The lowest BCUT2D eigenvalue weighted by atomic mass is 9.95. The molecular formula is C21H24FN3O5. The fourth-order valence-corrected chi connectivity index (χ4v) is 3.06. The van der Waals surface area contributed by atoms with Crippen LogP contribution in [0.2, 0.25) is 0 Å². The summed E-state index contributed by atoms with van der Waals surface area (Å²) in [6.07, 6.45) is 5.11. The van der Waals surface area contributed by atoms with Gasteiger partial charge in [-0.1, -0.05) is 24.3 Å². The number of benzene rings is 1. The van der Waals surface area contributed by atoms with Gasteiger partial charge in [0, 0.05) is 37.0 Å². The van der Waals surface area contributed by atoms with E-state index in [-0.39, 0.29) is 17.6 Å². The van der Waals surface area contributed by atoms with Gasteiger partial charge < -0.3 is 15.5 Å². The normalized spacial score (nSPS) is 14.3. The Bertz CT molecular complexity index is 843. The minimum atomic E-state index is -1.82. The number of carbonyl (C=O) groups excluding carboxylic acids is 1. The summed E-state index contributed by atoms with van der Waals surface area (Å²) in [4.78, 5) is 36.7. The van der Waals surface area contributed by atoms with Crippen LogP contribution >= 0.6 is 0 Å². The average molecular weight is 417 g/mol. The fraction of sp³-hybridized carbons (Fsp3) is 0.333. The maximum atomic E-state index is 13.7. The lowest BCUT2D eigenvalue weighted by molar-refractivity contribution is -0.159. The fourth-order valence-electron chi connectivity index (χ4n) is 3.06. The Kier molecular flexibility index (Phi) is 8.89. The van der Waals surface area contributed by atoms with Gasteiger partial charge in [0.25, 0.3) is 0 Å². The third kappa shape index (κ3) is 7.59. The molecule has 30 heavy (non-hydrogen) atoms. The quantitative estimate of drug-likeness (QED) is 0.636. The number of hydrogen-bond donors (Lipinski definition) is 3. The van der Waals surface area contributed by atoms with E-state index in [1.54, 1.807) is 18.5 Å². The molecule has 1 amide bonds. The van der Waals surface area contributed by atoms with Crippen molar-refractivity contribution >= 4 is 17.8 Å². The molecule has 1 aromatic heterocycles. The van der Waals surface area contributed by atoms with Crippen LogP contribution in [-0.2, 0) is 27.5 Å². The first kappa shape index (κ1) is 23.0. The highest BCUT2D eigenvalue weighted by molar-refractivity contribution is 6.27. The number of hydrogen-bond acceptors (Lipinski definition) is 5. The summed E-state index contributed by atoms with van der Waals surface area (Å²) in [7, 11) is 0. The van der Waals surface area contributed by atoms with Gasteiger partial charge in [-0.2, -0.15) is 0 Å². The van der Waals surface area contributed by atoms with E-state index in [9.17, 15) is 9.18 Å². The van der Waals surface area contributed by atoms with Gasteiger partial charge in [-0.05, 0) is 43.6 Å². The topological polar surface area (TPSA) is 120 Å². The van der Waals surface area contributed by atoms with Crippen LogP contribution in [0.3, 0.4) is 0 Å². The summed E-state index contributed by atoms with van der Waals surface area (Å²) < 4.78 is 13.7. The molecule has 2 heterocycles. The Morgan fingerprint density at radius 1 is 1.07 bits per heavy atom. The number of carboxylic acid groups (broad SMARTS) is 2. The number of piperidine rings is 1. The van der Waals surface area contributed by atoms with Gasteiger partial charge in [0.05, 0.1) is 0 Å². The molecule has 160 valence electrons. The van der Waals surface area contributed by atoms with Gasteiger partial charge in [-0.3, -0.25) is 14.7 Å². The number of halogens is 1. The maximum absolute atomic E-state index is 13.7. The smallest absolute Gasteiger partial charge is 0.414 e. The summed E-state index contributed by atoms with van der Waals surface area (Å²) in [5.74, 6) is -3.67. The zero-order valence-electron chi connectivity index (χ0n) is 16.3. The van der Waals surface area contributed by atoms with Crippen LogP contribution in [0, 0.1) is 11.7 Å². The number of pyridine rings is 1. The van der Waals surface area contributed by atoms with Crippen molar-refractivity contribution in [3.8, 4) is 0 Å². The van der Waals surface area contributed by atoms with Gasteiger partial charge in [0.1, 0.15) is 5.82 Å². The highest BCUT2D eigenvalue weighted by Gasteiger charge is 2.25. The molecule has 0 aliphatic carbocycles. The van der Waals surface area contributed by atoms with Crippen molar-refractivity contribution in [3.63, 3.8) is 0 Å². The summed E-state index contributed by atoms with van der Waals surface area (Å²) in [6.45, 7) is 2.76. The van der Waals surface area contributed by atoms with Crippen molar-refractivity contribution in [2.75, 3.05) is 13.1 Å². The van der Waals surface area contributed by atoms with E-state index in [0.717, 1.165) is 37.1 Å². The zero-order valence-corrected chi connectivity index (χ0v) is 16.3. The summed E-state index contributed by atoms with van der Waals surface area (Å²) in [5, 5.41) is 17.8. The highest BCUT2D eigenvalue weighted by atomic mass is 19.1. The zero-order chi connectivity index (χ0) is 21.9. The van der Waals surface area contributed by atoms with Crippen LogP contribution in [0.5, 0.6) is 0 Å². The first-order valence-corrected chi connectivity index (χ1v) is 9.45. The number of carboxylic acids is 2. The van der Waals surface area contributed by atoms with Crippen LogP contribution in [0.15, 0.2) is 48.8 Å². The number of amides is 1. The molecule has 2 aromatic rings. The molecule has 0 bridgehead atoms. The second-order valence-electron chi connectivity index (χ2n) is 6.83. The van der Waals surface area contributed by atoms with Gasteiger partial charge in [-0.25, -0.2) is 14.0 Å². The third-order valence-electron chi connectivity index (χ3n) is 4.68. The molecule has 1 aromatic carbocycles. The van der Waals surface area contributed by atoms with Gasteiger partial charge in [-0.15, -0.1) is 0 Å². The predicted octanol–water partition coefficient (Wildman–Crippen LogP) is 1.90. The Balaban J connectivity index is 0.000000469. The second kappa shape index (κ2) is 11.6. The number of aromatic nitrogens is 1. The van der Waals surface area contributed by atoms with Crippen LogP contribution in [0.1, 0.15) is 24.0 Å². The SMILES string of the molecule is O=C(NCc1cccnc1)C1CCN(Cc2ccccc2F)CC1.O=C(O)C(=O)O. The van der Waals surface area contributed by atoms with E-state index < -0.39 is 11.9 Å². The van der Waals surface area contributed by atoms with Crippen molar-refractivity contribution in [1.29, 1.82) is 0 Å².